The van der Waals surface area contributed by atoms with Crippen molar-refractivity contribution in [1.29, 1.82) is 0 Å². The van der Waals surface area contributed by atoms with Crippen LogP contribution < -0.4 is 10.6 Å². The maximum Gasteiger partial charge on any atom is 0.304 e. The van der Waals surface area contributed by atoms with Crippen LogP contribution >= 0.6 is 11.6 Å². The molecule has 0 saturated carbocycles. The number of benzene rings is 2. The molecule has 124 valence electrons. The molecule has 1 aliphatic rings. The van der Waals surface area contributed by atoms with Gasteiger partial charge in [0.15, 0.2) is 0 Å². The normalized spacial score (nSPS) is 19.2. The fraction of sp³-hybridized carbons (Fsp3) is 0.222. The molecule has 0 radical (unpaired) electrons. The summed E-state index contributed by atoms with van der Waals surface area (Å²) in [6.07, 6.45) is -0.0536. The zero-order chi connectivity index (χ0) is 17.4. The number of anilines is 2. The van der Waals surface area contributed by atoms with E-state index in [2.05, 4.69) is 0 Å². The number of carbonyl (C=O) groups excluding carboxylic acids is 1. The topological polar surface area (TPSA) is 83.6 Å². The number of nitrogen functional groups attached to an aromatic ring is 1. The molecule has 24 heavy (non-hydrogen) atoms. The molecule has 1 aliphatic heterocycles. The van der Waals surface area contributed by atoms with Crippen molar-refractivity contribution >= 4 is 34.9 Å². The van der Waals surface area contributed by atoms with Gasteiger partial charge in [0.1, 0.15) is 0 Å². The van der Waals surface area contributed by atoms with E-state index in [1.165, 1.54) is 0 Å². The number of halogens is 1. The number of fused-ring (bicyclic) bond motifs is 1. The summed E-state index contributed by atoms with van der Waals surface area (Å²) >= 11 is 5.88. The first-order valence-corrected chi connectivity index (χ1v) is 7.96. The van der Waals surface area contributed by atoms with E-state index in [9.17, 15) is 14.7 Å². The highest BCUT2D eigenvalue weighted by atomic mass is 35.5. The van der Waals surface area contributed by atoms with Gasteiger partial charge in [0, 0.05) is 33.9 Å². The molecule has 6 heteroatoms. The summed E-state index contributed by atoms with van der Waals surface area (Å²) in [5.74, 6) is -1.38. The molecule has 1 amide bonds. The van der Waals surface area contributed by atoms with E-state index in [0.29, 0.717) is 22.0 Å². The van der Waals surface area contributed by atoms with Crippen molar-refractivity contribution in [2.75, 3.05) is 10.6 Å². The van der Waals surface area contributed by atoms with Gasteiger partial charge in [-0.3, -0.25) is 9.59 Å². The fourth-order valence-corrected chi connectivity index (χ4v) is 3.37. The van der Waals surface area contributed by atoms with Crippen molar-refractivity contribution in [2.24, 2.45) is 0 Å². The Balaban J connectivity index is 2.03. The highest BCUT2D eigenvalue weighted by Gasteiger charge is 2.40. The first-order chi connectivity index (χ1) is 11.4. The Morgan fingerprint density at radius 3 is 2.50 bits per heavy atom. The van der Waals surface area contributed by atoms with Gasteiger partial charge >= 0.3 is 5.97 Å². The van der Waals surface area contributed by atoms with E-state index in [1.807, 2.05) is 6.92 Å². The van der Waals surface area contributed by atoms with E-state index in [0.717, 1.165) is 5.56 Å². The van der Waals surface area contributed by atoms with Crippen molar-refractivity contribution in [3.05, 3.63) is 58.6 Å². The van der Waals surface area contributed by atoms with Crippen molar-refractivity contribution in [1.82, 2.24) is 0 Å². The minimum absolute atomic E-state index is 0.0536. The minimum atomic E-state index is -0.902. The molecule has 0 bridgehead atoms. The Hall–Kier alpha value is -2.53. The predicted molar refractivity (Wildman–Crippen MR) is 93.6 cm³/mol. The van der Waals surface area contributed by atoms with Gasteiger partial charge in [-0.25, -0.2) is 0 Å². The van der Waals surface area contributed by atoms with Gasteiger partial charge in [0.2, 0.25) is 0 Å². The summed E-state index contributed by atoms with van der Waals surface area (Å²) in [5.41, 5.74) is 8.42. The van der Waals surface area contributed by atoms with Crippen molar-refractivity contribution in [3.63, 3.8) is 0 Å². The maximum absolute atomic E-state index is 13.0. The molecule has 2 atom stereocenters. The number of nitrogens with two attached hydrogens (primary N) is 1. The molecular weight excluding hydrogens is 328 g/mol. The molecule has 2 unspecified atom stereocenters. The monoisotopic (exact) mass is 344 g/mol. The van der Waals surface area contributed by atoms with Crippen LogP contribution in [0.4, 0.5) is 11.4 Å². The lowest BCUT2D eigenvalue weighted by atomic mass is 9.92. The van der Waals surface area contributed by atoms with Gasteiger partial charge in [0.25, 0.3) is 5.91 Å². The van der Waals surface area contributed by atoms with E-state index >= 15 is 0 Å². The predicted octanol–water partition coefficient (Wildman–Crippen LogP) is 3.53. The molecule has 2 aromatic rings. The van der Waals surface area contributed by atoms with Gasteiger partial charge < -0.3 is 15.7 Å². The van der Waals surface area contributed by atoms with Crippen LogP contribution in [0.5, 0.6) is 0 Å². The van der Waals surface area contributed by atoms with Gasteiger partial charge in [-0.2, -0.15) is 0 Å². The molecule has 0 aliphatic carbocycles. The highest BCUT2D eigenvalue weighted by Crippen LogP contribution is 2.44. The number of carbonyl (C=O) groups is 2. The van der Waals surface area contributed by atoms with Crippen LogP contribution in [-0.2, 0) is 4.79 Å². The van der Waals surface area contributed by atoms with Crippen LogP contribution in [0.15, 0.2) is 42.5 Å². The van der Waals surface area contributed by atoms with Crippen LogP contribution in [0.3, 0.4) is 0 Å². The maximum atomic E-state index is 13.0. The third kappa shape index (κ3) is 2.83. The van der Waals surface area contributed by atoms with E-state index in [4.69, 9.17) is 17.3 Å². The van der Waals surface area contributed by atoms with Crippen LogP contribution in [0.1, 0.15) is 35.2 Å². The Kier molecular flexibility index (Phi) is 4.20. The number of rotatable bonds is 3. The summed E-state index contributed by atoms with van der Waals surface area (Å²) in [6.45, 7) is 1.86. The summed E-state index contributed by atoms with van der Waals surface area (Å²) in [6, 6.07) is 11.6. The number of amides is 1. The smallest absolute Gasteiger partial charge is 0.304 e. The molecule has 0 aromatic heterocycles. The Morgan fingerprint density at radius 2 is 1.88 bits per heavy atom. The number of carboxylic acid groups (broad SMARTS) is 1. The lowest BCUT2D eigenvalue weighted by Crippen LogP contribution is -2.37. The molecule has 0 saturated heterocycles. The summed E-state index contributed by atoms with van der Waals surface area (Å²) in [5, 5.41) is 9.76. The minimum Gasteiger partial charge on any atom is -0.481 e. The number of carboxylic acids is 1. The third-order valence-corrected chi connectivity index (χ3v) is 4.66. The molecule has 3 N–H and O–H groups in total. The quantitative estimate of drug-likeness (QED) is 0.834. The molecule has 5 nitrogen and oxygen atoms in total. The lowest BCUT2D eigenvalue weighted by Gasteiger charge is -2.25. The second kappa shape index (κ2) is 6.17. The first-order valence-electron chi connectivity index (χ1n) is 7.59. The van der Waals surface area contributed by atoms with E-state index in [-0.39, 0.29) is 24.3 Å². The summed E-state index contributed by atoms with van der Waals surface area (Å²) in [4.78, 5) is 25.8. The Morgan fingerprint density at radius 1 is 1.21 bits per heavy atom. The molecule has 2 aromatic carbocycles. The second-order valence-corrected chi connectivity index (χ2v) is 6.38. The van der Waals surface area contributed by atoms with Crippen molar-refractivity contribution < 1.29 is 14.7 Å². The van der Waals surface area contributed by atoms with E-state index < -0.39 is 5.97 Å². The Bertz CT molecular complexity index is 804. The van der Waals surface area contributed by atoms with Crippen LogP contribution in [0.25, 0.3) is 0 Å². The second-order valence-electron chi connectivity index (χ2n) is 5.95. The standard InChI is InChI=1S/C18H17ClN2O3/c1-10-14(9-17(22)23)15-8-13(20)6-7-16(15)21(10)18(24)11-2-4-12(19)5-3-11/h2-8,10,14H,9,20H2,1H3,(H,22,23). The number of hydrogen-bond donors (Lipinski definition) is 2. The van der Waals surface area contributed by atoms with Crippen LogP contribution in [-0.4, -0.2) is 23.0 Å². The molecule has 1 heterocycles. The van der Waals surface area contributed by atoms with Gasteiger partial charge in [-0.05, 0) is 55.0 Å². The van der Waals surface area contributed by atoms with Crippen molar-refractivity contribution in [3.8, 4) is 0 Å². The van der Waals surface area contributed by atoms with E-state index in [1.54, 1.807) is 47.4 Å². The first kappa shape index (κ1) is 16.3. The van der Waals surface area contributed by atoms with Crippen LogP contribution in [0.2, 0.25) is 5.02 Å². The zero-order valence-corrected chi connectivity index (χ0v) is 13.8. The van der Waals surface area contributed by atoms with Crippen LogP contribution in [0, 0.1) is 0 Å². The number of nitrogens with zero attached hydrogens (tertiary/aromatic N) is 1. The van der Waals surface area contributed by atoms with Crippen molar-refractivity contribution in [2.45, 2.75) is 25.3 Å². The third-order valence-electron chi connectivity index (χ3n) is 4.40. The average molecular weight is 345 g/mol. The number of hydrogen-bond acceptors (Lipinski definition) is 3. The zero-order valence-electron chi connectivity index (χ0n) is 13.1. The van der Waals surface area contributed by atoms with Gasteiger partial charge in [0.05, 0.1) is 6.42 Å². The van der Waals surface area contributed by atoms with Gasteiger partial charge in [-0.15, -0.1) is 0 Å². The molecule has 3 rings (SSSR count). The fourth-order valence-electron chi connectivity index (χ4n) is 3.24. The molecule has 0 fully saturated rings. The summed E-state index contributed by atoms with van der Waals surface area (Å²) in [7, 11) is 0. The number of aliphatic carboxylic acids is 1. The molecule has 0 spiro atoms. The Labute approximate surface area is 144 Å². The SMILES string of the molecule is CC1C(CC(=O)O)c2cc(N)ccc2N1C(=O)c1ccc(Cl)cc1. The lowest BCUT2D eigenvalue weighted by molar-refractivity contribution is -0.137. The average Bonchev–Trinajstić information content (AvgIpc) is 2.79. The largest absolute Gasteiger partial charge is 0.481 e. The van der Waals surface area contributed by atoms with Gasteiger partial charge in [-0.1, -0.05) is 11.6 Å². The highest BCUT2D eigenvalue weighted by molar-refractivity contribution is 6.30. The summed E-state index contributed by atoms with van der Waals surface area (Å²) < 4.78 is 0. The molecular formula is C18H17ClN2O3.